The van der Waals surface area contributed by atoms with E-state index in [0.717, 1.165) is 0 Å². The summed E-state index contributed by atoms with van der Waals surface area (Å²) >= 11 is 0. The summed E-state index contributed by atoms with van der Waals surface area (Å²) in [5, 5.41) is 0. The molecule has 0 saturated heterocycles. The molecule has 4 nitrogen and oxygen atoms in total. The van der Waals surface area contributed by atoms with Gasteiger partial charge < -0.3 is 10.3 Å². The average Bonchev–Trinajstić information content (AvgIpc) is 2.46. The number of hydrogen-bond donors (Lipinski definition) is 1. The minimum atomic E-state index is -0.557. The molecular weight excluding hydrogens is 154 g/mol. The summed E-state index contributed by atoms with van der Waals surface area (Å²) in [5.74, 6) is -0.00231. The van der Waals surface area contributed by atoms with Crippen molar-refractivity contribution in [2.75, 3.05) is 0 Å². The van der Waals surface area contributed by atoms with Crippen molar-refractivity contribution in [2.24, 2.45) is 5.73 Å². The molecule has 0 saturated carbocycles. The Hall–Kier alpha value is -1.84. The van der Waals surface area contributed by atoms with Gasteiger partial charge >= 0.3 is 0 Å². The van der Waals surface area contributed by atoms with Crippen molar-refractivity contribution in [1.82, 2.24) is 9.55 Å². The van der Waals surface area contributed by atoms with Gasteiger partial charge in [-0.1, -0.05) is 13.2 Å². The van der Waals surface area contributed by atoms with Gasteiger partial charge in [0.15, 0.2) is 0 Å². The van der Waals surface area contributed by atoms with Gasteiger partial charge in [0.1, 0.15) is 11.5 Å². The topological polar surface area (TPSA) is 60.9 Å². The molecule has 1 aromatic heterocycles. The van der Waals surface area contributed by atoms with Crippen LogP contribution >= 0.6 is 0 Å². The summed E-state index contributed by atoms with van der Waals surface area (Å²) in [6.07, 6.45) is 4.55. The molecule has 62 valence electrons. The van der Waals surface area contributed by atoms with Gasteiger partial charge in [-0.25, -0.2) is 4.98 Å². The number of amides is 1. The molecule has 0 atom stereocenters. The van der Waals surface area contributed by atoms with Crippen LogP contribution in [0.3, 0.4) is 0 Å². The number of hydrogen-bond acceptors (Lipinski definition) is 2. The van der Waals surface area contributed by atoms with Crippen LogP contribution in [0.15, 0.2) is 19.4 Å². The Morgan fingerprint density at radius 1 is 1.67 bits per heavy atom. The smallest absolute Gasteiger partial charge is 0.268 e. The Labute approximate surface area is 70.0 Å². The molecule has 0 aromatic carbocycles. The second-order valence-corrected chi connectivity index (χ2v) is 2.14. The Kier molecular flexibility index (Phi) is 2.09. The normalized spacial score (nSPS) is 9.33. The van der Waals surface area contributed by atoms with Gasteiger partial charge in [-0.2, -0.15) is 0 Å². The summed E-state index contributed by atoms with van der Waals surface area (Å²) in [5.41, 5.74) is 5.23. The molecule has 0 aliphatic carbocycles. The first-order valence-electron chi connectivity index (χ1n) is 3.32. The van der Waals surface area contributed by atoms with Crippen LogP contribution in [0, 0.1) is 0 Å². The molecule has 1 amide bonds. The van der Waals surface area contributed by atoms with Gasteiger partial charge in [-0.15, -0.1) is 0 Å². The van der Waals surface area contributed by atoms with Crippen LogP contribution in [0.2, 0.25) is 0 Å². The highest BCUT2D eigenvalue weighted by Crippen LogP contribution is 2.03. The van der Waals surface area contributed by atoms with Crippen molar-refractivity contribution >= 4 is 18.2 Å². The zero-order valence-corrected chi connectivity index (χ0v) is 6.53. The maximum atomic E-state index is 10.7. The molecule has 1 rings (SSSR count). The maximum absolute atomic E-state index is 10.7. The van der Waals surface area contributed by atoms with Crippen LogP contribution in [-0.2, 0) is 0 Å². The second-order valence-electron chi connectivity index (χ2n) is 2.14. The Balaban J connectivity index is 3.22. The van der Waals surface area contributed by atoms with E-state index in [4.69, 9.17) is 5.73 Å². The number of nitrogens with two attached hydrogens (primary N) is 1. The van der Waals surface area contributed by atoms with Crippen molar-refractivity contribution in [3.63, 3.8) is 0 Å². The first-order chi connectivity index (χ1) is 5.69. The third kappa shape index (κ3) is 1.27. The highest BCUT2D eigenvalue weighted by atomic mass is 16.1. The number of nitrogens with zero attached hydrogens (tertiary/aromatic N) is 2. The number of carbonyl (C=O) groups excluding carboxylic acids is 1. The lowest BCUT2D eigenvalue weighted by Gasteiger charge is -1.91. The largest absolute Gasteiger partial charge is 0.364 e. The molecule has 12 heavy (non-hydrogen) atoms. The maximum Gasteiger partial charge on any atom is 0.268 e. The van der Waals surface area contributed by atoms with E-state index in [1.807, 2.05) is 0 Å². The first-order valence-corrected chi connectivity index (χ1v) is 3.32. The quantitative estimate of drug-likeness (QED) is 0.713. The van der Waals surface area contributed by atoms with Crippen molar-refractivity contribution in [3.8, 4) is 0 Å². The molecule has 0 aliphatic heterocycles. The predicted molar refractivity (Wildman–Crippen MR) is 47.2 cm³/mol. The standard InChI is InChI=1S/C8H9N3O/c1-3-7-10-6(8(9)12)5-11(7)4-2/h3-5H,1-2H2,(H2,9,12). The SMILES string of the molecule is C=Cc1nc(C(N)=O)cn1C=C. The highest BCUT2D eigenvalue weighted by molar-refractivity contribution is 5.91. The fourth-order valence-electron chi connectivity index (χ4n) is 0.824. The molecule has 4 heteroatoms. The third-order valence-corrected chi connectivity index (χ3v) is 1.39. The summed E-state index contributed by atoms with van der Waals surface area (Å²) in [6, 6.07) is 0. The monoisotopic (exact) mass is 163 g/mol. The Morgan fingerprint density at radius 2 is 2.33 bits per heavy atom. The highest BCUT2D eigenvalue weighted by Gasteiger charge is 2.06. The molecular formula is C8H9N3O. The zero-order valence-electron chi connectivity index (χ0n) is 6.53. The number of aromatic nitrogens is 2. The Bertz CT molecular complexity index is 313. The lowest BCUT2D eigenvalue weighted by Crippen LogP contribution is -2.11. The minimum absolute atomic E-state index is 0.213. The summed E-state index contributed by atoms with van der Waals surface area (Å²) in [7, 11) is 0. The zero-order chi connectivity index (χ0) is 9.14. The van der Waals surface area contributed by atoms with Gasteiger partial charge in [-0.05, 0) is 6.08 Å². The fraction of sp³-hybridized carbons (Fsp3) is 0. The van der Waals surface area contributed by atoms with Gasteiger partial charge in [0.2, 0.25) is 0 Å². The van der Waals surface area contributed by atoms with Gasteiger partial charge in [0, 0.05) is 12.4 Å². The molecule has 0 aliphatic rings. The molecule has 0 spiro atoms. The van der Waals surface area contributed by atoms with E-state index in [9.17, 15) is 4.79 Å². The summed E-state index contributed by atoms with van der Waals surface area (Å²) in [4.78, 5) is 14.6. The Morgan fingerprint density at radius 3 is 2.67 bits per heavy atom. The summed E-state index contributed by atoms with van der Waals surface area (Å²) in [6.45, 7) is 7.06. The van der Waals surface area contributed by atoms with Crippen molar-refractivity contribution in [1.29, 1.82) is 0 Å². The molecule has 1 heterocycles. The molecule has 0 bridgehead atoms. The van der Waals surface area contributed by atoms with Crippen LogP contribution in [0.5, 0.6) is 0 Å². The molecule has 2 N–H and O–H groups in total. The number of rotatable bonds is 3. The molecule has 0 unspecified atom stereocenters. The average molecular weight is 163 g/mol. The van der Waals surface area contributed by atoms with Gasteiger partial charge in [-0.3, -0.25) is 4.79 Å². The van der Waals surface area contributed by atoms with Crippen molar-refractivity contribution in [3.05, 3.63) is 30.9 Å². The van der Waals surface area contributed by atoms with E-state index in [0.29, 0.717) is 5.82 Å². The number of carbonyl (C=O) groups is 1. The second kappa shape index (κ2) is 3.04. The lowest BCUT2D eigenvalue weighted by molar-refractivity contribution is 0.0996. The van der Waals surface area contributed by atoms with E-state index in [1.165, 1.54) is 18.5 Å². The van der Waals surface area contributed by atoms with Crippen LogP contribution < -0.4 is 5.73 Å². The molecule has 0 radical (unpaired) electrons. The van der Waals surface area contributed by atoms with E-state index in [2.05, 4.69) is 18.1 Å². The third-order valence-electron chi connectivity index (χ3n) is 1.39. The molecule has 1 aromatic rings. The van der Waals surface area contributed by atoms with Crippen molar-refractivity contribution in [2.45, 2.75) is 0 Å². The number of imidazole rings is 1. The van der Waals surface area contributed by atoms with E-state index in [1.54, 1.807) is 4.57 Å². The van der Waals surface area contributed by atoms with Crippen LogP contribution in [0.1, 0.15) is 16.3 Å². The van der Waals surface area contributed by atoms with E-state index >= 15 is 0 Å². The van der Waals surface area contributed by atoms with E-state index < -0.39 is 5.91 Å². The van der Waals surface area contributed by atoms with E-state index in [-0.39, 0.29) is 5.69 Å². The number of primary amides is 1. The minimum Gasteiger partial charge on any atom is -0.364 e. The van der Waals surface area contributed by atoms with Crippen LogP contribution in [-0.4, -0.2) is 15.5 Å². The van der Waals surface area contributed by atoms with Crippen LogP contribution in [0.4, 0.5) is 0 Å². The van der Waals surface area contributed by atoms with Crippen LogP contribution in [0.25, 0.3) is 12.3 Å². The van der Waals surface area contributed by atoms with Gasteiger partial charge in [0.05, 0.1) is 0 Å². The summed E-state index contributed by atoms with van der Waals surface area (Å²) < 4.78 is 1.58. The fourth-order valence-corrected chi connectivity index (χ4v) is 0.824. The van der Waals surface area contributed by atoms with Gasteiger partial charge in [0.25, 0.3) is 5.91 Å². The lowest BCUT2D eigenvalue weighted by atomic mass is 10.5. The molecule has 0 fully saturated rings. The van der Waals surface area contributed by atoms with Crippen molar-refractivity contribution < 1.29 is 4.79 Å². The first kappa shape index (κ1) is 8.26. The predicted octanol–water partition coefficient (Wildman–Crippen LogP) is 0.726.